The number of thioether (sulfide) groups is 1. The van der Waals surface area contributed by atoms with Gasteiger partial charge in [0.05, 0.1) is 58.1 Å². The zero-order valence-electron chi connectivity index (χ0n) is 53.5. The zero-order valence-corrected chi connectivity index (χ0v) is 54.3. The lowest BCUT2D eigenvalue weighted by Crippen LogP contribution is -2.71. The van der Waals surface area contributed by atoms with Crippen molar-refractivity contribution >= 4 is 53.3 Å². The number of rotatable bonds is 29. The van der Waals surface area contributed by atoms with Gasteiger partial charge in [0.25, 0.3) is 0 Å². The molecule has 0 aromatic rings. The van der Waals surface area contributed by atoms with Crippen LogP contribution in [0.25, 0.3) is 0 Å². The predicted octanol–water partition coefficient (Wildman–Crippen LogP) is -13.9. The maximum Gasteiger partial charge on any atom is 0.326 e. The Morgan fingerprint density at radius 1 is 0.485 bits per heavy atom. The van der Waals surface area contributed by atoms with E-state index in [-0.39, 0.29) is 29.8 Å². The van der Waals surface area contributed by atoms with Crippen LogP contribution in [0.1, 0.15) is 52.9 Å². The quantitative estimate of drug-likeness (QED) is 0.0244. The van der Waals surface area contributed by atoms with Gasteiger partial charge in [-0.2, -0.15) is 11.8 Å². The average molecular weight is 1450 g/mol. The molecule has 8 aliphatic heterocycles. The molecular weight excluding hydrogens is 1360 g/mol. The third kappa shape index (κ3) is 19.0. The summed E-state index contributed by atoms with van der Waals surface area (Å²) < 4.78 is 64.8. The summed E-state index contributed by atoms with van der Waals surface area (Å²) in [5.41, 5.74) is 0. The van der Waals surface area contributed by atoms with Crippen LogP contribution in [0.2, 0.25) is 0 Å². The lowest BCUT2D eigenvalue weighted by atomic mass is 9.93. The highest BCUT2D eigenvalue weighted by Gasteiger charge is 2.58. The number of hydrogen-bond donors (Lipinski definition) is 24. The average Bonchev–Trinajstić information content (AvgIpc) is 1.44. The highest BCUT2D eigenvalue weighted by Crippen LogP contribution is 2.38. The van der Waals surface area contributed by atoms with Gasteiger partial charge < -0.3 is 176 Å². The Hall–Kier alpha value is -4.64. The van der Waals surface area contributed by atoms with Crippen LogP contribution in [-0.4, -0.2) is 381 Å². The normalized spacial score (nSPS) is 43.3. The number of hydrogen-bond acceptors (Lipinski definition) is 35. The Balaban J connectivity index is 0.984. The van der Waals surface area contributed by atoms with Crippen LogP contribution in [0, 0.1) is 0 Å². The SMILES string of the molecule is CC(=O)NC1C(O)C(O)[C@H](CO)O[C@H]1OC1[C@@H](OCC2O[C@@H](O[C@@H]3C(CO)O[C@@H](O[C@@H]4C(CO)O[C@@H](NC(=O)CC(NC(=O)CCCCC5SCC6NC(=O)NC65)C(=O)O)C(NC(C)=O)[C@H]4O)C(NC(C)=O)[C@H]3O)C(O)[C@@H](O[C@H]3OC(CO)[C@@H](O)C(O)C3O)[C@@H]2O)OC(CO)[C@@H](O)[C@@H]1O. The van der Waals surface area contributed by atoms with E-state index in [1.54, 1.807) is 11.8 Å². The first kappa shape index (κ1) is 80.1. The van der Waals surface area contributed by atoms with Crippen LogP contribution >= 0.6 is 11.8 Å². The van der Waals surface area contributed by atoms with Gasteiger partial charge in [-0.1, -0.05) is 6.42 Å². The second-order valence-electron chi connectivity index (χ2n) is 25.1. The number of unbranched alkanes of at least 4 members (excludes halogenated alkanes) is 1. The van der Waals surface area contributed by atoms with E-state index in [0.717, 1.165) is 26.5 Å². The molecule has 8 rings (SSSR count). The van der Waals surface area contributed by atoms with Gasteiger partial charge in [0, 0.05) is 38.2 Å². The number of aliphatic hydroxyl groups excluding tert-OH is 16. The molecule has 0 aliphatic carbocycles. The van der Waals surface area contributed by atoms with Crippen LogP contribution in [-0.2, 0) is 80.9 Å². The largest absolute Gasteiger partial charge is 0.480 e. The standard InChI is InChI=1S/C56H91N7O35S/c1-16(69)57-31-39(79)45(24(12-67)89-49(31)62-29(73)8-19(50(85)86)60-28(72)7-5-4-6-27-30-20(15-99-27)61-56(87)63-30)95-52-33(59-18(3)71)40(80)46(25(13-68)93-52)96-54-44(84)47(97-53-43(83)41(81)35(75)22(10-65)91-53)37(77)26(94-54)14-88-55-48(42(82)36(76)23(11-66)92-55)98-51-32(58-17(2)70)38(78)34(74)21(9-64)90-51/h19-27,30-49,51-55,64-68,74-84H,4-15H2,1-3H3,(H,57,69)(H,58,70)(H,59,71)(H,60,72)(H,62,73)(H,85,86)(H2,61,63,87)/t19?,20?,21-,22?,23?,24?,25?,26?,27?,30?,31?,32?,33?,34?,35+,36+,37+,38?,39+,40+,41?,42-,43?,44?,45+,46+,47-,48?,49+,51-,52-,53+,54-,55-/m0/s1. The van der Waals surface area contributed by atoms with Crippen molar-refractivity contribution in [2.24, 2.45) is 0 Å². The fraction of sp³-hybridized carbons (Fsp3) is 0.875. The fourth-order valence-electron chi connectivity index (χ4n) is 12.9. The smallest absolute Gasteiger partial charge is 0.326 e. The highest BCUT2D eigenvalue weighted by molar-refractivity contribution is 8.00. The lowest BCUT2D eigenvalue weighted by Gasteiger charge is -2.50. The molecule has 0 saturated carbocycles. The van der Waals surface area contributed by atoms with E-state index in [4.69, 9.17) is 52.1 Å². The maximum atomic E-state index is 13.6. The number of fused-ring (bicyclic) bond motifs is 1. The van der Waals surface area contributed by atoms with Gasteiger partial charge >= 0.3 is 12.0 Å². The number of urea groups is 1. The Bertz CT molecular complexity index is 2710. The number of carboxylic acid groups (broad SMARTS) is 1. The van der Waals surface area contributed by atoms with E-state index in [2.05, 4.69) is 37.2 Å². The molecule has 0 radical (unpaired) electrons. The first-order valence-electron chi connectivity index (χ1n) is 31.9. The van der Waals surface area contributed by atoms with Crippen LogP contribution in [0.15, 0.2) is 0 Å². The minimum absolute atomic E-state index is 0.00749. The minimum Gasteiger partial charge on any atom is -0.480 e. The number of amides is 7. The summed E-state index contributed by atoms with van der Waals surface area (Å²) in [6, 6.07) is -7.39. The number of carbonyl (C=O) groups is 7. The Kier molecular flexibility index (Phi) is 28.9. The summed E-state index contributed by atoms with van der Waals surface area (Å²) >= 11 is 1.68. The second kappa shape index (κ2) is 35.7. The molecule has 0 spiro atoms. The third-order valence-corrected chi connectivity index (χ3v) is 19.6. The monoisotopic (exact) mass is 1450 g/mol. The Labute approximate surface area is 567 Å². The molecule has 7 amide bonds. The molecule has 8 aliphatic rings. The van der Waals surface area contributed by atoms with Gasteiger partial charge in [-0.25, -0.2) is 9.59 Å². The molecule has 0 bridgehead atoms. The highest BCUT2D eigenvalue weighted by atomic mass is 32.2. The molecular formula is C56H91N7O35S. The van der Waals surface area contributed by atoms with Gasteiger partial charge in [-0.05, 0) is 12.8 Å². The Morgan fingerprint density at radius 3 is 1.55 bits per heavy atom. The van der Waals surface area contributed by atoms with Gasteiger partial charge in [0.15, 0.2) is 37.7 Å². The summed E-state index contributed by atoms with van der Waals surface area (Å²) in [5, 5.41) is 204. The predicted molar refractivity (Wildman–Crippen MR) is 318 cm³/mol. The molecule has 42 nitrogen and oxygen atoms in total. The van der Waals surface area contributed by atoms with Crippen molar-refractivity contribution in [2.75, 3.05) is 45.4 Å². The molecule has 18 unspecified atom stereocenters. The fourth-order valence-corrected chi connectivity index (χ4v) is 14.4. The van der Waals surface area contributed by atoms with Crippen molar-refractivity contribution in [1.29, 1.82) is 0 Å². The topological polar surface area (TPSA) is 649 Å². The number of carbonyl (C=O) groups excluding carboxylic acids is 6. The van der Waals surface area contributed by atoms with E-state index in [9.17, 15) is 120 Å². The molecule has 8 heterocycles. The number of carboxylic acids is 1. The van der Waals surface area contributed by atoms with Crippen LogP contribution in [0.4, 0.5) is 4.79 Å². The van der Waals surface area contributed by atoms with Gasteiger partial charge in [0.1, 0.15) is 152 Å². The summed E-state index contributed by atoms with van der Waals surface area (Å²) in [5.74, 6) is -5.23. The molecule has 0 aromatic carbocycles. The van der Waals surface area contributed by atoms with Crippen molar-refractivity contribution in [3.05, 3.63) is 0 Å². The van der Waals surface area contributed by atoms with Crippen molar-refractivity contribution in [3.63, 3.8) is 0 Å². The number of ether oxygens (including phenoxy) is 11. The molecule has 24 N–H and O–H groups in total. The van der Waals surface area contributed by atoms with Crippen molar-refractivity contribution < 1.29 is 172 Å². The lowest BCUT2D eigenvalue weighted by molar-refractivity contribution is -0.386. The van der Waals surface area contributed by atoms with Crippen molar-refractivity contribution in [2.45, 2.75) is 260 Å². The van der Waals surface area contributed by atoms with E-state index >= 15 is 0 Å². The summed E-state index contributed by atoms with van der Waals surface area (Å²) in [6.07, 6.45) is -53.1. The molecule has 8 saturated heterocycles. The van der Waals surface area contributed by atoms with Crippen LogP contribution in [0.3, 0.4) is 0 Å². The van der Waals surface area contributed by atoms with Crippen LogP contribution in [0.5, 0.6) is 0 Å². The molecule has 0 aromatic heterocycles. The van der Waals surface area contributed by atoms with E-state index in [0.29, 0.717) is 19.3 Å². The first-order chi connectivity index (χ1) is 46.9. The van der Waals surface area contributed by atoms with Gasteiger partial charge in [0.2, 0.25) is 29.5 Å². The maximum absolute atomic E-state index is 13.6. The number of aliphatic hydroxyl groups is 16. The van der Waals surface area contributed by atoms with Gasteiger partial charge in [-0.3, -0.25) is 24.0 Å². The number of aliphatic carboxylic acids is 1. The van der Waals surface area contributed by atoms with Crippen molar-refractivity contribution in [3.8, 4) is 0 Å². The van der Waals surface area contributed by atoms with E-state index in [1.807, 2.05) is 0 Å². The summed E-state index contributed by atoms with van der Waals surface area (Å²) in [4.78, 5) is 88.5. The first-order valence-corrected chi connectivity index (χ1v) is 33.0. The van der Waals surface area contributed by atoms with E-state index < -0.39 is 272 Å². The molecule has 8 fully saturated rings. The summed E-state index contributed by atoms with van der Waals surface area (Å²) in [6.45, 7) is -3.17. The zero-order chi connectivity index (χ0) is 72.6. The van der Waals surface area contributed by atoms with Crippen LogP contribution < -0.4 is 37.2 Å². The number of nitrogens with one attached hydrogen (secondary N) is 7. The van der Waals surface area contributed by atoms with E-state index in [1.165, 1.54) is 0 Å². The Morgan fingerprint density at radius 2 is 0.960 bits per heavy atom. The molecule has 43 heteroatoms. The molecule has 99 heavy (non-hydrogen) atoms. The molecule has 566 valence electrons. The second-order valence-corrected chi connectivity index (χ2v) is 26.4. The molecule has 34 atom stereocenters. The summed E-state index contributed by atoms with van der Waals surface area (Å²) in [7, 11) is 0. The van der Waals surface area contributed by atoms with Crippen molar-refractivity contribution in [1.82, 2.24) is 37.2 Å². The van der Waals surface area contributed by atoms with Gasteiger partial charge in [-0.15, -0.1) is 0 Å². The minimum atomic E-state index is -2.36. The third-order valence-electron chi connectivity index (χ3n) is 18.1.